The van der Waals surface area contributed by atoms with Crippen molar-refractivity contribution < 1.29 is 54.8 Å². The fourth-order valence-electron chi connectivity index (χ4n) is 0. The van der Waals surface area contributed by atoms with Gasteiger partial charge in [0, 0.05) is 0 Å². The van der Waals surface area contributed by atoms with Crippen LogP contribution in [0.4, 0.5) is 0 Å². The first kappa shape index (κ1) is 17.4. The smallest absolute Gasteiger partial charge is 0.405 e. The summed E-state index contributed by atoms with van der Waals surface area (Å²) in [4.78, 5) is 0. The molecule has 0 heterocycles. The maximum absolute atomic E-state index is 8.52. The summed E-state index contributed by atoms with van der Waals surface area (Å²) in [7, 11) is 0. The van der Waals surface area contributed by atoms with Crippen molar-refractivity contribution >= 4 is 48.9 Å². The molecule has 52 valence electrons. The molecule has 0 N–H and O–H groups in total. The van der Waals surface area contributed by atoms with Gasteiger partial charge in [0.15, 0.2) is 0 Å². The molecule has 0 rings (SSSR count). The summed E-state index contributed by atoms with van der Waals surface area (Å²) in [5.41, 5.74) is 0. The number of rotatable bonds is 0. The predicted octanol–water partition coefficient (Wildman–Crippen LogP) is -7.51. The van der Waals surface area contributed by atoms with E-state index in [1.165, 1.54) is 0 Å². The molecular weight excluding hydrogens is 393 g/mol. The summed E-state index contributed by atoms with van der Waals surface area (Å²) in [6.45, 7) is 0. The van der Waals surface area contributed by atoms with Crippen LogP contribution in [0.3, 0.4) is 0 Å². The van der Waals surface area contributed by atoms with Gasteiger partial charge < -0.3 is 25.2 Å². The van der Waals surface area contributed by atoms with Gasteiger partial charge in [-0.2, -0.15) is 0 Å². The molecule has 9 heteroatoms. The van der Waals surface area contributed by atoms with E-state index in [4.69, 9.17) is 25.2 Å². The molecule has 0 fully saturated rings. The van der Waals surface area contributed by atoms with Crippen LogP contribution in [0.25, 0.3) is 0 Å². The van der Waals surface area contributed by atoms with Crippen LogP contribution in [0.15, 0.2) is 0 Å². The van der Waals surface area contributed by atoms with E-state index >= 15 is 0 Å². The van der Waals surface area contributed by atoms with E-state index in [1.807, 2.05) is 0 Å². The van der Waals surface area contributed by atoms with Crippen molar-refractivity contribution in [1.82, 2.24) is 0 Å². The van der Waals surface area contributed by atoms with Crippen molar-refractivity contribution in [2.45, 2.75) is 0 Å². The quantitative estimate of drug-likeness (QED) is 0.375. The molecule has 0 amide bonds. The Morgan fingerprint density at radius 1 is 0.556 bits per heavy atom. The van der Waals surface area contributed by atoms with Crippen LogP contribution in [-0.4, -0.2) is 48.9 Å². The predicted molar refractivity (Wildman–Crippen MR) is 5.75 cm³/mol. The third kappa shape index (κ3) is 135. The average Bonchev–Trinajstić information content (AvgIpc) is 1.25. The number of halogens is 2. The molecule has 0 aromatic heterocycles. The van der Waals surface area contributed by atoms with Crippen molar-refractivity contribution in [2.24, 2.45) is 0 Å². The van der Waals surface area contributed by atoms with Crippen molar-refractivity contribution in [3.8, 4) is 0 Å². The molecule has 6 nitrogen and oxygen atoms in total. The second-order valence-corrected chi connectivity index (χ2v) is 1.96. The monoisotopic (exact) mass is 392 g/mol. The summed E-state index contributed by atoms with van der Waals surface area (Å²) in [5.74, 6) is 0. The maximum Gasteiger partial charge on any atom is 2.00 e. The molecule has 0 spiro atoms. The van der Waals surface area contributed by atoms with Gasteiger partial charge >= 0.3 is 48.9 Å². The fraction of sp³-hybridized carbons (Fsp3) is 0. The zero-order chi connectivity index (χ0) is 7.15. The Kier molecular flexibility index (Phi) is 25.0. The molecule has 0 bridgehead atoms. The van der Waals surface area contributed by atoms with E-state index in [1.54, 1.807) is 0 Å². The van der Waals surface area contributed by atoms with E-state index in [9.17, 15) is 0 Å². The van der Waals surface area contributed by atoms with Crippen LogP contribution in [0.2, 0.25) is 0 Å². The minimum absolute atomic E-state index is 0. The Morgan fingerprint density at radius 2 is 0.556 bits per heavy atom. The van der Waals surface area contributed by atoms with Crippen molar-refractivity contribution in [3.05, 3.63) is 0 Å². The van der Waals surface area contributed by atoms with Gasteiger partial charge in [-0.3, -0.25) is 0 Å². The first-order valence-corrected chi connectivity index (χ1v) is 4.81. The molecule has 0 aromatic rings. The SMILES string of the molecule is [Ba+2].[O-][Br+2]([O-])[O-].[O-][Br+2]([O-])[O-]. The van der Waals surface area contributed by atoms with E-state index in [-0.39, 0.29) is 48.9 Å². The van der Waals surface area contributed by atoms with Gasteiger partial charge in [0.25, 0.3) is 0 Å². The summed E-state index contributed by atoms with van der Waals surface area (Å²) in [6, 6.07) is 0. The second-order valence-electron chi connectivity index (χ2n) is 0.378. The second kappa shape index (κ2) is 12.9. The van der Waals surface area contributed by atoms with Gasteiger partial charge in [-0.1, -0.05) is 0 Å². The normalized spacial score (nSPS) is 8.00. The van der Waals surface area contributed by atoms with Gasteiger partial charge in [0.2, 0.25) is 29.6 Å². The van der Waals surface area contributed by atoms with Crippen LogP contribution in [0.5, 0.6) is 0 Å². The Hall–Kier alpha value is 2.29. The van der Waals surface area contributed by atoms with Gasteiger partial charge in [0.05, 0.1) is 0 Å². The zero-order valence-electron chi connectivity index (χ0n) is 3.91. The van der Waals surface area contributed by atoms with Gasteiger partial charge in [-0.15, -0.1) is 0 Å². The maximum atomic E-state index is 8.52. The molecule has 0 aliphatic carbocycles. The summed E-state index contributed by atoms with van der Waals surface area (Å²) >= 11 is -7.29. The van der Waals surface area contributed by atoms with Crippen molar-refractivity contribution in [2.75, 3.05) is 0 Å². The molecule has 9 heavy (non-hydrogen) atoms. The summed E-state index contributed by atoms with van der Waals surface area (Å²) in [6.07, 6.45) is 0. The summed E-state index contributed by atoms with van der Waals surface area (Å²) in [5, 5.41) is 0. The van der Waals surface area contributed by atoms with E-state index < -0.39 is 29.6 Å². The van der Waals surface area contributed by atoms with Gasteiger partial charge in [-0.05, 0) is 0 Å². The largest absolute Gasteiger partial charge is 2.00 e. The third-order valence-corrected chi connectivity index (χ3v) is 0. The van der Waals surface area contributed by atoms with Crippen LogP contribution < -0.4 is 25.2 Å². The minimum Gasteiger partial charge on any atom is -0.405 e. The Bertz CT molecular complexity index is 26.5. The first-order chi connectivity index (χ1) is 3.46. The molecular formula is BaBr2O6. The van der Waals surface area contributed by atoms with Crippen LogP contribution in [0, 0.1) is 29.6 Å². The van der Waals surface area contributed by atoms with E-state index in [0.717, 1.165) is 0 Å². The Labute approximate surface area is 102 Å². The van der Waals surface area contributed by atoms with Crippen LogP contribution in [-0.2, 0) is 0 Å². The Morgan fingerprint density at radius 3 is 0.556 bits per heavy atom. The topological polar surface area (TPSA) is 138 Å². The van der Waals surface area contributed by atoms with E-state index in [2.05, 4.69) is 0 Å². The molecule has 0 aliphatic heterocycles. The molecule has 0 saturated carbocycles. The molecule has 0 aromatic carbocycles. The van der Waals surface area contributed by atoms with Crippen molar-refractivity contribution in [3.63, 3.8) is 0 Å². The first-order valence-electron chi connectivity index (χ1n) is 0.926. The molecule has 0 aliphatic rings. The Balaban J connectivity index is -0.0000000720. The molecule has 0 radical (unpaired) electrons. The van der Waals surface area contributed by atoms with Crippen LogP contribution in [0.1, 0.15) is 0 Å². The van der Waals surface area contributed by atoms with Crippen molar-refractivity contribution in [1.29, 1.82) is 0 Å². The molecule has 0 atom stereocenters. The van der Waals surface area contributed by atoms with Gasteiger partial charge in [-0.25, -0.2) is 0 Å². The summed E-state index contributed by atoms with van der Waals surface area (Å²) < 4.78 is 51.1. The van der Waals surface area contributed by atoms with Gasteiger partial charge in [0.1, 0.15) is 0 Å². The third-order valence-electron chi connectivity index (χ3n) is 0. The number of hydrogen-bond acceptors (Lipinski definition) is 6. The molecule has 0 unspecified atom stereocenters. The van der Waals surface area contributed by atoms with E-state index in [0.29, 0.717) is 0 Å². The average molecular weight is 393 g/mol. The fourth-order valence-corrected chi connectivity index (χ4v) is 0. The molecule has 0 saturated heterocycles. The number of hydrogen-bond donors (Lipinski definition) is 0. The van der Waals surface area contributed by atoms with Crippen LogP contribution >= 0.6 is 0 Å². The minimum atomic E-state index is -3.65. The zero-order valence-corrected chi connectivity index (χ0v) is 11.5. The standard InChI is InChI=1S/Ba.2BrO3/c;2*2-1(3)4/q+2;2*-1.